The number of urea groups is 1. The molecule has 3 aromatic carbocycles. The molecule has 1 aliphatic rings. The zero-order chi connectivity index (χ0) is 25.2. The minimum atomic E-state index is -0.692. The molecule has 2 N–H and O–H groups in total. The molecule has 0 aliphatic carbocycles. The number of carbonyl (C=O) groups is 1. The number of hydrogen-bond acceptors (Lipinski definition) is 6. The van der Waals surface area contributed by atoms with Crippen molar-refractivity contribution >= 4 is 11.6 Å². The Labute approximate surface area is 206 Å². The van der Waals surface area contributed by atoms with Gasteiger partial charge in [-0.2, -0.15) is 4.98 Å². The van der Waals surface area contributed by atoms with Gasteiger partial charge < -0.3 is 19.7 Å². The molecule has 9 heteroatoms. The van der Waals surface area contributed by atoms with Crippen molar-refractivity contribution in [3.63, 3.8) is 0 Å². The van der Waals surface area contributed by atoms with Crippen molar-refractivity contribution in [3.05, 3.63) is 101 Å². The predicted octanol–water partition coefficient (Wildman–Crippen LogP) is 5.29. The van der Waals surface area contributed by atoms with Crippen LogP contribution in [-0.4, -0.2) is 33.3 Å². The van der Waals surface area contributed by atoms with Gasteiger partial charge in [0, 0.05) is 11.3 Å². The van der Waals surface area contributed by atoms with E-state index < -0.39 is 11.9 Å². The Bertz CT molecular complexity index is 1450. The van der Waals surface area contributed by atoms with Crippen molar-refractivity contribution in [3.8, 4) is 22.9 Å². The first-order chi connectivity index (χ1) is 17.4. The van der Waals surface area contributed by atoms with E-state index in [1.807, 2.05) is 30.3 Å². The number of nitrogens with zero attached hydrogens (tertiary/aromatic N) is 3. The number of methoxy groups -OCH3 is 1. The molecule has 1 aliphatic heterocycles. The van der Waals surface area contributed by atoms with Crippen molar-refractivity contribution < 1.29 is 23.6 Å². The van der Waals surface area contributed by atoms with Crippen molar-refractivity contribution in [2.75, 3.05) is 7.11 Å². The maximum atomic E-state index is 13.8. The number of amides is 2. The van der Waals surface area contributed by atoms with Crippen molar-refractivity contribution in [2.45, 2.75) is 19.5 Å². The van der Waals surface area contributed by atoms with Gasteiger partial charge in [0.25, 0.3) is 5.89 Å². The third-order valence-electron chi connectivity index (χ3n) is 6.06. The first kappa shape index (κ1) is 23.1. The molecule has 182 valence electrons. The molecule has 0 spiro atoms. The molecule has 1 unspecified atom stereocenters. The van der Waals surface area contributed by atoms with Crippen molar-refractivity contribution in [1.29, 1.82) is 0 Å². The van der Waals surface area contributed by atoms with E-state index in [0.29, 0.717) is 34.7 Å². The Morgan fingerprint density at radius 2 is 1.92 bits per heavy atom. The molecule has 8 nitrogen and oxygen atoms in total. The van der Waals surface area contributed by atoms with Gasteiger partial charge >= 0.3 is 6.03 Å². The second-order valence-corrected chi connectivity index (χ2v) is 8.32. The smallest absolute Gasteiger partial charge is 0.322 e. The Morgan fingerprint density at radius 1 is 1.11 bits per heavy atom. The molecule has 4 aromatic rings. The average molecular weight is 487 g/mol. The number of benzene rings is 3. The fourth-order valence-electron chi connectivity index (χ4n) is 4.23. The highest BCUT2D eigenvalue weighted by Crippen LogP contribution is 2.40. The number of carbonyl (C=O) groups excluding carboxylic acids is 1. The van der Waals surface area contributed by atoms with E-state index in [0.717, 1.165) is 5.56 Å². The highest BCUT2D eigenvalue weighted by atomic mass is 19.1. The fraction of sp³-hybridized carbons (Fsp3) is 0.148. The molecular weight excluding hydrogens is 463 g/mol. The van der Waals surface area contributed by atoms with Crippen LogP contribution in [0.5, 0.6) is 11.5 Å². The van der Waals surface area contributed by atoms with Gasteiger partial charge in [-0.05, 0) is 42.3 Å². The largest absolute Gasteiger partial charge is 0.504 e. The molecule has 2 amide bonds. The van der Waals surface area contributed by atoms with Gasteiger partial charge in [0.1, 0.15) is 5.82 Å². The summed E-state index contributed by atoms with van der Waals surface area (Å²) in [6, 6.07) is 19.4. The lowest BCUT2D eigenvalue weighted by Crippen LogP contribution is -2.45. The van der Waals surface area contributed by atoms with E-state index in [2.05, 4.69) is 15.5 Å². The fourth-order valence-corrected chi connectivity index (χ4v) is 4.23. The highest BCUT2D eigenvalue weighted by molar-refractivity contribution is 5.87. The van der Waals surface area contributed by atoms with E-state index in [-0.39, 0.29) is 23.5 Å². The number of ether oxygens (including phenoxy) is 1. The molecule has 1 atom stereocenters. The maximum absolute atomic E-state index is 13.8. The number of nitrogens with one attached hydrogen (secondary N) is 1. The normalized spacial score (nSPS) is 15.7. The van der Waals surface area contributed by atoms with E-state index in [1.165, 1.54) is 25.3 Å². The molecule has 0 saturated heterocycles. The topological polar surface area (TPSA) is 101 Å². The zero-order valence-corrected chi connectivity index (χ0v) is 19.6. The number of hydrogen-bond donors (Lipinski definition) is 2. The molecule has 0 bridgehead atoms. The molecule has 5 rings (SSSR count). The van der Waals surface area contributed by atoms with E-state index in [9.17, 15) is 14.3 Å². The second kappa shape index (κ2) is 9.53. The lowest BCUT2D eigenvalue weighted by molar-refractivity contribution is 0.203. The van der Waals surface area contributed by atoms with E-state index in [1.54, 1.807) is 36.1 Å². The van der Waals surface area contributed by atoms with Gasteiger partial charge in [-0.15, -0.1) is 0 Å². The van der Waals surface area contributed by atoms with Gasteiger partial charge in [-0.25, -0.2) is 9.18 Å². The summed E-state index contributed by atoms with van der Waals surface area (Å²) in [6.45, 7) is 2.13. The Morgan fingerprint density at radius 3 is 2.64 bits per heavy atom. The lowest BCUT2D eigenvalue weighted by atomic mass is 9.94. The van der Waals surface area contributed by atoms with Gasteiger partial charge in [-0.3, -0.25) is 4.90 Å². The molecule has 0 saturated carbocycles. The Kier molecular flexibility index (Phi) is 6.12. The monoisotopic (exact) mass is 486 g/mol. The number of aromatic hydroxyl groups is 1. The first-order valence-electron chi connectivity index (χ1n) is 11.2. The molecule has 36 heavy (non-hydrogen) atoms. The minimum Gasteiger partial charge on any atom is -0.504 e. The molecule has 1 aromatic heterocycles. The number of phenols is 1. The number of phenolic OH excluding ortho intramolecular Hbond substituents is 1. The van der Waals surface area contributed by atoms with Crippen LogP contribution in [0.2, 0.25) is 0 Å². The second-order valence-electron chi connectivity index (χ2n) is 8.32. The summed E-state index contributed by atoms with van der Waals surface area (Å²) in [5, 5.41) is 17.4. The van der Waals surface area contributed by atoms with Crippen LogP contribution in [0.25, 0.3) is 17.0 Å². The van der Waals surface area contributed by atoms with Crippen LogP contribution in [0.15, 0.2) is 83.0 Å². The SMILES string of the molecule is COc1ccc(C2NC(=O)N(Cc3ccccc3)C(C)=C2c2nc(-c3cccc(F)c3)no2)cc1O. The molecule has 0 radical (unpaired) electrons. The summed E-state index contributed by atoms with van der Waals surface area (Å²) in [5.74, 6) is 0.205. The summed E-state index contributed by atoms with van der Waals surface area (Å²) >= 11 is 0. The van der Waals surface area contributed by atoms with Crippen LogP contribution >= 0.6 is 0 Å². The average Bonchev–Trinajstić information content (AvgIpc) is 3.36. The predicted molar refractivity (Wildman–Crippen MR) is 130 cm³/mol. The standard InChI is InChI=1S/C27H23FN4O4/c1-16-23(26-30-25(31-36-26)19-9-6-10-20(28)13-19)24(18-11-12-22(35-2)21(33)14-18)29-27(34)32(16)15-17-7-4-3-5-8-17/h3-14,24,33H,15H2,1-2H3,(H,29,34). The zero-order valence-electron chi connectivity index (χ0n) is 19.6. The van der Waals surface area contributed by atoms with E-state index >= 15 is 0 Å². The van der Waals surface area contributed by atoms with Gasteiger partial charge in [-0.1, -0.05) is 53.7 Å². The highest BCUT2D eigenvalue weighted by Gasteiger charge is 2.36. The van der Waals surface area contributed by atoms with Crippen LogP contribution in [0.4, 0.5) is 9.18 Å². The quantitative estimate of drug-likeness (QED) is 0.384. The van der Waals surface area contributed by atoms with Gasteiger partial charge in [0.2, 0.25) is 5.82 Å². The van der Waals surface area contributed by atoms with Crippen LogP contribution in [0.3, 0.4) is 0 Å². The third-order valence-corrected chi connectivity index (χ3v) is 6.06. The van der Waals surface area contributed by atoms with Gasteiger partial charge in [0.05, 0.1) is 25.3 Å². The molecule has 0 fully saturated rings. The number of halogens is 1. The summed E-state index contributed by atoms with van der Waals surface area (Å²) in [4.78, 5) is 19.3. The first-order valence-corrected chi connectivity index (χ1v) is 11.2. The van der Waals surface area contributed by atoms with Gasteiger partial charge in [0.15, 0.2) is 11.5 Å². The maximum Gasteiger partial charge on any atom is 0.322 e. The summed E-state index contributed by atoms with van der Waals surface area (Å²) in [7, 11) is 1.46. The van der Waals surface area contributed by atoms with Crippen molar-refractivity contribution in [1.82, 2.24) is 20.4 Å². The van der Waals surface area contributed by atoms with Crippen LogP contribution in [0, 0.1) is 5.82 Å². The summed E-state index contributed by atoms with van der Waals surface area (Å²) < 4.78 is 24.6. The lowest BCUT2D eigenvalue weighted by Gasteiger charge is -2.35. The number of rotatable bonds is 6. The van der Waals surface area contributed by atoms with Crippen molar-refractivity contribution in [2.24, 2.45) is 0 Å². The molecular formula is C27H23FN4O4. The molecule has 2 heterocycles. The Balaban J connectivity index is 1.61. The minimum absolute atomic E-state index is 0.0704. The van der Waals surface area contributed by atoms with Crippen LogP contribution in [-0.2, 0) is 6.54 Å². The van der Waals surface area contributed by atoms with E-state index in [4.69, 9.17) is 9.26 Å². The van der Waals surface area contributed by atoms with Crippen LogP contribution in [0.1, 0.15) is 30.0 Å². The number of allylic oxidation sites excluding steroid dienone is 1. The summed E-state index contributed by atoms with van der Waals surface area (Å²) in [5.41, 5.74) is 3.17. The third kappa shape index (κ3) is 4.38. The summed E-state index contributed by atoms with van der Waals surface area (Å²) in [6.07, 6.45) is 0. The number of aromatic nitrogens is 2. The Hall–Kier alpha value is -4.66. The van der Waals surface area contributed by atoms with Crippen LogP contribution < -0.4 is 10.1 Å².